The Morgan fingerprint density at radius 1 is 1.30 bits per heavy atom. The number of carbonyl (C=O) groups excluding carboxylic acids is 2. The fourth-order valence-electron chi connectivity index (χ4n) is 1.67. The molecule has 7 heteroatoms. The summed E-state index contributed by atoms with van der Waals surface area (Å²) < 4.78 is 0. The second kappa shape index (κ2) is 7.22. The largest absolute Gasteiger partial charge is 0.355 e. The van der Waals surface area contributed by atoms with Crippen molar-refractivity contribution in [2.75, 3.05) is 13.1 Å². The number of hydrogen-bond donors (Lipinski definition) is 2. The molecule has 20 heavy (non-hydrogen) atoms. The maximum Gasteiger partial charge on any atom is 0.285 e. The standard InChI is InChI=1S/C13H17N3O4/c1-3-7-14-11(17)8-15-13(18)10-6-4-5-9(2)12(10)16(19)20/h4-6H,3,7-8H2,1-2H3,(H,14,17)(H,15,18). The number of nitrogens with zero attached hydrogens (tertiary/aromatic N) is 1. The first-order valence-corrected chi connectivity index (χ1v) is 6.26. The highest BCUT2D eigenvalue weighted by Gasteiger charge is 2.22. The Balaban J connectivity index is 2.76. The normalized spacial score (nSPS) is 9.90. The molecular weight excluding hydrogens is 262 g/mol. The molecular formula is C13H17N3O4. The molecule has 1 aromatic rings. The van der Waals surface area contributed by atoms with Crippen molar-refractivity contribution in [3.63, 3.8) is 0 Å². The first-order valence-electron chi connectivity index (χ1n) is 6.26. The highest BCUT2D eigenvalue weighted by atomic mass is 16.6. The SMILES string of the molecule is CCCNC(=O)CNC(=O)c1cccc(C)c1[N+](=O)[O-]. The average molecular weight is 279 g/mol. The van der Waals surface area contributed by atoms with Crippen molar-refractivity contribution < 1.29 is 14.5 Å². The van der Waals surface area contributed by atoms with E-state index in [0.29, 0.717) is 12.1 Å². The van der Waals surface area contributed by atoms with Crippen molar-refractivity contribution in [1.29, 1.82) is 0 Å². The van der Waals surface area contributed by atoms with Crippen LogP contribution in [0.5, 0.6) is 0 Å². The molecule has 0 saturated heterocycles. The average Bonchev–Trinajstić information content (AvgIpc) is 2.41. The maximum absolute atomic E-state index is 11.9. The summed E-state index contributed by atoms with van der Waals surface area (Å²) in [5.74, 6) is -0.956. The topological polar surface area (TPSA) is 101 Å². The van der Waals surface area contributed by atoms with Crippen LogP contribution in [0.1, 0.15) is 29.3 Å². The number of benzene rings is 1. The highest BCUT2D eigenvalue weighted by molar-refractivity contribution is 6.00. The zero-order chi connectivity index (χ0) is 15.1. The van der Waals surface area contributed by atoms with Gasteiger partial charge in [0.15, 0.2) is 0 Å². The number of nitrogens with one attached hydrogen (secondary N) is 2. The van der Waals surface area contributed by atoms with Gasteiger partial charge in [-0.15, -0.1) is 0 Å². The summed E-state index contributed by atoms with van der Waals surface area (Å²) in [6, 6.07) is 4.49. The molecule has 0 aliphatic heterocycles. The molecule has 0 aromatic heterocycles. The van der Waals surface area contributed by atoms with Gasteiger partial charge in [-0.2, -0.15) is 0 Å². The predicted octanol–water partition coefficient (Wildman–Crippen LogP) is 1.16. The lowest BCUT2D eigenvalue weighted by molar-refractivity contribution is -0.385. The Hall–Kier alpha value is -2.44. The van der Waals surface area contributed by atoms with Crippen LogP contribution in [-0.4, -0.2) is 29.8 Å². The molecule has 108 valence electrons. The second-order valence-electron chi connectivity index (χ2n) is 4.26. The van der Waals surface area contributed by atoms with Crippen LogP contribution in [0.25, 0.3) is 0 Å². The minimum absolute atomic E-state index is 0.0432. The zero-order valence-electron chi connectivity index (χ0n) is 11.4. The van der Waals surface area contributed by atoms with E-state index >= 15 is 0 Å². The third kappa shape index (κ3) is 4.04. The van der Waals surface area contributed by atoms with Gasteiger partial charge in [-0.25, -0.2) is 0 Å². The van der Waals surface area contributed by atoms with Crippen LogP contribution >= 0.6 is 0 Å². The molecule has 0 radical (unpaired) electrons. The first kappa shape index (κ1) is 15.6. The number of nitro benzene ring substituents is 1. The minimum Gasteiger partial charge on any atom is -0.355 e. The number of hydrogen-bond acceptors (Lipinski definition) is 4. The van der Waals surface area contributed by atoms with Crippen LogP contribution in [0.3, 0.4) is 0 Å². The molecule has 1 aromatic carbocycles. The molecule has 1 rings (SSSR count). The van der Waals surface area contributed by atoms with E-state index in [0.717, 1.165) is 6.42 Å². The Labute approximate surface area is 116 Å². The van der Waals surface area contributed by atoms with Gasteiger partial charge in [0.05, 0.1) is 11.5 Å². The van der Waals surface area contributed by atoms with E-state index in [2.05, 4.69) is 10.6 Å². The van der Waals surface area contributed by atoms with Crippen molar-refractivity contribution >= 4 is 17.5 Å². The molecule has 0 aliphatic carbocycles. The van der Waals surface area contributed by atoms with Crippen LogP contribution in [0, 0.1) is 17.0 Å². The molecule has 7 nitrogen and oxygen atoms in total. The van der Waals surface area contributed by atoms with Gasteiger partial charge in [-0.3, -0.25) is 19.7 Å². The molecule has 0 fully saturated rings. The van der Waals surface area contributed by atoms with Gasteiger partial charge in [0.1, 0.15) is 5.56 Å². The number of amides is 2. The fraction of sp³-hybridized carbons (Fsp3) is 0.385. The maximum atomic E-state index is 11.9. The van der Waals surface area contributed by atoms with E-state index in [1.165, 1.54) is 6.07 Å². The molecule has 0 saturated carbocycles. The number of para-hydroxylation sites is 1. The quantitative estimate of drug-likeness (QED) is 0.602. The van der Waals surface area contributed by atoms with Crippen molar-refractivity contribution in [1.82, 2.24) is 10.6 Å². The summed E-state index contributed by atoms with van der Waals surface area (Å²) in [5.41, 5.74) is 0.121. The van der Waals surface area contributed by atoms with Crippen molar-refractivity contribution in [3.05, 3.63) is 39.4 Å². The third-order valence-electron chi connectivity index (χ3n) is 2.65. The summed E-state index contributed by atoms with van der Waals surface area (Å²) in [4.78, 5) is 33.6. The van der Waals surface area contributed by atoms with Crippen molar-refractivity contribution in [2.24, 2.45) is 0 Å². The molecule has 0 aliphatic rings. The summed E-state index contributed by atoms with van der Waals surface area (Å²) in [6.45, 7) is 3.79. The molecule has 0 heterocycles. The predicted molar refractivity (Wildman–Crippen MR) is 73.5 cm³/mol. The summed E-state index contributed by atoms with van der Waals surface area (Å²) in [6.07, 6.45) is 0.795. The molecule has 0 atom stereocenters. The van der Waals surface area contributed by atoms with Crippen molar-refractivity contribution in [3.8, 4) is 0 Å². The van der Waals surface area contributed by atoms with Gasteiger partial charge in [-0.05, 0) is 19.4 Å². The number of aryl methyl sites for hydroxylation is 1. The van der Waals surface area contributed by atoms with E-state index in [9.17, 15) is 19.7 Å². The molecule has 2 amide bonds. The highest BCUT2D eigenvalue weighted by Crippen LogP contribution is 2.22. The smallest absolute Gasteiger partial charge is 0.285 e. The van der Waals surface area contributed by atoms with E-state index in [-0.39, 0.29) is 23.7 Å². The molecule has 0 spiro atoms. The lowest BCUT2D eigenvalue weighted by Gasteiger charge is -2.07. The van der Waals surface area contributed by atoms with Crippen LogP contribution in [0.15, 0.2) is 18.2 Å². The van der Waals surface area contributed by atoms with E-state index < -0.39 is 10.8 Å². The summed E-state index contributed by atoms with van der Waals surface area (Å²) in [5, 5.41) is 15.9. The van der Waals surface area contributed by atoms with Crippen molar-refractivity contribution in [2.45, 2.75) is 20.3 Å². The van der Waals surface area contributed by atoms with Crippen LogP contribution in [0.4, 0.5) is 5.69 Å². The molecule has 0 bridgehead atoms. The number of rotatable bonds is 6. The Kier molecular flexibility index (Phi) is 5.64. The number of nitro groups is 1. The Bertz CT molecular complexity index is 528. The zero-order valence-corrected chi connectivity index (χ0v) is 11.4. The summed E-state index contributed by atoms with van der Waals surface area (Å²) >= 11 is 0. The van der Waals surface area contributed by atoms with E-state index in [4.69, 9.17) is 0 Å². The number of carbonyl (C=O) groups is 2. The first-order chi connectivity index (χ1) is 9.47. The summed E-state index contributed by atoms with van der Waals surface area (Å²) in [7, 11) is 0. The Morgan fingerprint density at radius 2 is 2.00 bits per heavy atom. The lowest BCUT2D eigenvalue weighted by Crippen LogP contribution is -2.37. The molecule has 0 unspecified atom stereocenters. The third-order valence-corrected chi connectivity index (χ3v) is 2.65. The molecule has 2 N–H and O–H groups in total. The van der Waals surface area contributed by atoms with Gasteiger partial charge < -0.3 is 10.6 Å². The van der Waals surface area contributed by atoms with Gasteiger partial charge in [0.25, 0.3) is 11.6 Å². The van der Waals surface area contributed by atoms with Gasteiger partial charge in [0, 0.05) is 12.1 Å². The van der Waals surface area contributed by atoms with E-state index in [1.807, 2.05) is 6.92 Å². The van der Waals surface area contributed by atoms with Crippen LogP contribution < -0.4 is 10.6 Å². The lowest BCUT2D eigenvalue weighted by atomic mass is 10.1. The van der Waals surface area contributed by atoms with Gasteiger partial charge >= 0.3 is 0 Å². The fourth-order valence-corrected chi connectivity index (χ4v) is 1.67. The van der Waals surface area contributed by atoms with Crippen LogP contribution in [-0.2, 0) is 4.79 Å². The van der Waals surface area contributed by atoms with Crippen LogP contribution in [0.2, 0.25) is 0 Å². The minimum atomic E-state index is -0.632. The second-order valence-corrected chi connectivity index (χ2v) is 4.26. The Morgan fingerprint density at radius 3 is 2.60 bits per heavy atom. The van der Waals surface area contributed by atoms with Gasteiger partial charge in [-0.1, -0.05) is 19.1 Å². The van der Waals surface area contributed by atoms with Gasteiger partial charge in [0.2, 0.25) is 5.91 Å². The van der Waals surface area contributed by atoms with E-state index in [1.54, 1.807) is 19.1 Å². The monoisotopic (exact) mass is 279 g/mol.